The molecule has 0 aromatic carbocycles. The van der Waals surface area contributed by atoms with Gasteiger partial charge in [-0.3, -0.25) is 9.36 Å². The highest BCUT2D eigenvalue weighted by Crippen LogP contribution is 2.33. The van der Waals surface area contributed by atoms with Gasteiger partial charge < -0.3 is 43.2 Å². The topological polar surface area (TPSA) is 244 Å². The van der Waals surface area contributed by atoms with Crippen LogP contribution in [0.15, 0.2) is 12.7 Å². The molecule has 1 saturated heterocycles. The van der Waals surface area contributed by atoms with Crippen LogP contribution < -0.4 is 28.3 Å². The summed E-state index contributed by atoms with van der Waals surface area (Å²) in [6, 6.07) is -2.33. The summed E-state index contributed by atoms with van der Waals surface area (Å²) >= 11 is 0. The second kappa shape index (κ2) is 8.74. The summed E-state index contributed by atoms with van der Waals surface area (Å²) in [6.07, 6.45) is -0.920. The van der Waals surface area contributed by atoms with Gasteiger partial charge in [-0.2, -0.15) is 0 Å². The Morgan fingerprint density at radius 2 is 1.93 bits per heavy atom. The zero-order valence-corrected chi connectivity index (χ0v) is 16.0. The van der Waals surface area contributed by atoms with E-state index in [9.17, 15) is 19.8 Å². The Morgan fingerprint density at radius 1 is 1.20 bits per heavy atom. The molecule has 1 aliphatic rings. The molecule has 6 atom stereocenters. The first-order chi connectivity index (χ1) is 14.2. The summed E-state index contributed by atoms with van der Waals surface area (Å²) in [5, 5.41) is 23.1. The van der Waals surface area contributed by atoms with Crippen LogP contribution in [0, 0.1) is 0 Å². The number of aromatic nitrogens is 4. The smallest absolute Gasteiger partial charge is 0.312 e. The zero-order valence-electron chi connectivity index (χ0n) is 16.0. The number of nitrogens with two attached hydrogens (primary N) is 4. The lowest BCUT2D eigenvalue weighted by molar-refractivity contribution is -0.120. The van der Waals surface area contributed by atoms with Crippen molar-refractivity contribution in [3.05, 3.63) is 12.7 Å². The maximum atomic E-state index is 11.4. The molecule has 2 aromatic rings. The van der Waals surface area contributed by atoms with Crippen molar-refractivity contribution in [1.29, 1.82) is 0 Å². The quantitative estimate of drug-likeness (QED) is 0.227. The lowest BCUT2D eigenvalue weighted by Crippen LogP contribution is -2.47. The van der Waals surface area contributed by atoms with E-state index in [0.29, 0.717) is 17.6 Å². The number of ether oxygens (including phenoxy) is 1. The lowest BCUT2D eigenvalue weighted by Gasteiger charge is -2.21. The summed E-state index contributed by atoms with van der Waals surface area (Å²) in [4.78, 5) is 34.4. The number of hydrogen-bond acceptors (Lipinski definition) is 10. The predicted octanol–water partition coefficient (Wildman–Crippen LogP) is -2.95. The number of anilines is 1. The number of carbonyl (C=O) groups is 2. The average Bonchev–Trinajstić information content (AvgIpc) is 3.22. The van der Waals surface area contributed by atoms with Gasteiger partial charge in [-0.15, -0.1) is 0 Å². The van der Waals surface area contributed by atoms with E-state index in [2.05, 4.69) is 20.3 Å². The Kier molecular flexibility index (Phi) is 6.31. The number of nitrogens with one attached hydrogen (secondary N) is 1. The summed E-state index contributed by atoms with van der Waals surface area (Å²) in [5.74, 6) is -0.555. The van der Waals surface area contributed by atoms with Gasteiger partial charge in [-0.1, -0.05) is 0 Å². The average molecular weight is 423 g/mol. The lowest BCUT2D eigenvalue weighted by atomic mass is 9.98. The van der Waals surface area contributed by atoms with Gasteiger partial charge in [0.05, 0.1) is 12.4 Å². The minimum atomic E-state index is -1.26. The largest absolute Gasteiger partial charge is 0.388 e. The molecule has 14 heteroatoms. The predicted molar refractivity (Wildman–Crippen MR) is 103 cm³/mol. The Hall–Kier alpha value is -3.07. The van der Waals surface area contributed by atoms with Crippen molar-refractivity contribution >= 4 is 28.9 Å². The summed E-state index contributed by atoms with van der Waals surface area (Å²) in [7, 11) is 0. The van der Waals surface area contributed by atoms with Crippen molar-refractivity contribution in [2.45, 2.75) is 55.9 Å². The van der Waals surface area contributed by atoms with E-state index in [1.54, 1.807) is 0 Å². The van der Waals surface area contributed by atoms with E-state index in [4.69, 9.17) is 27.7 Å². The minimum absolute atomic E-state index is 0.163. The molecule has 2 aromatic heterocycles. The van der Waals surface area contributed by atoms with Gasteiger partial charge in [0, 0.05) is 6.04 Å². The van der Waals surface area contributed by atoms with Crippen molar-refractivity contribution in [3.8, 4) is 0 Å². The van der Waals surface area contributed by atoms with Crippen LogP contribution in [0.1, 0.15) is 25.5 Å². The van der Waals surface area contributed by atoms with Gasteiger partial charge in [-0.25, -0.2) is 19.7 Å². The number of aliphatic hydroxyl groups is 2. The maximum absolute atomic E-state index is 11.4. The van der Waals surface area contributed by atoms with Crippen LogP contribution >= 0.6 is 0 Å². The fraction of sp³-hybridized carbons (Fsp3) is 0.562. The molecule has 1 aliphatic heterocycles. The van der Waals surface area contributed by atoms with Crippen LogP contribution in [0.25, 0.3) is 11.2 Å². The van der Waals surface area contributed by atoms with E-state index in [1.807, 2.05) is 0 Å². The van der Waals surface area contributed by atoms with Crippen molar-refractivity contribution in [2.75, 3.05) is 5.73 Å². The molecule has 0 spiro atoms. The number of nitrogen functional groups attached to an aromatic ring is 1. The molecule has 3 heterocycles. The normalized spacial score (nSPS) is 25.8. The number of primary amides is 2. The summed E-state index contributed by atoms with van der Waals surface area (Å²) < 4.78 is 7.29. The van der Waals surface area contributed by atoms with Crippen LogP contribution in [0.3, 0.4) is 0 Å². The van der Waals surface area contributed by atoms with E-state index in [-0.39, 0.29) is 18.7 Å². The molecule has 14 nitrogen and oxygen atoms in total. The van der Waals surface area contributed by atoms with Crippen molar-refractivity contribution in [2.24, 2.45) is 17.2 Å². The molecule has 0 saturated carbocycles. The Labute approximate surface area is 170 Å². The SMILES string of the molecule is NC(=O)N[C@@H](CC[C@H](N)CC1OC(n2cnc3c(N)ncnc32)C(O)C1O)C(N)=O. The van der Waals surface area contributed by atoms with Crippen molar-refractivity contribution in [1.82, 2.24) is 24.8 Å². The van der Waals surface area contributed by atoms with Gasteiger partial charge >= 0.3 is 6.03 Å². The highest BCUT2D eigenvalue weighted by molar-refractivity contribution is 5.85. The first-order valence-electron chi connectivity index (χ1n) is 9.24. The third kappa shape index (κ3) is 4.40. The molecule has 3 amide bonds. The number of amides is 3. The van der Waals surface area contributed by atoms with Crippen molar-refractivity contribution in [3.63, 3.8) is 0 Å². The highest BCUT2D eigenvalue weighted by Gasteiger charge is 2.44. The fourth-order valence-electron chi connectivity index (χ4n) is 3.46. The Balaban J connectivity index is 1.64. The highest BCUT2D eigenvalue weighted by atomic mass is 16.6. The number of carbonyl (C=O) groups excluding carboxylic acids is 2. The third-order valence-corrected chi connectivity index (χ3v) is 5.02. The van der Waals surface area contributed by atoms with Gasteiger partial charge in [0.25, 0.3) is 0 Å². The molecule has 0 bridgehead atoms. The number of fused-ring (bicyclic) bond motifs is 1. The van der Waals surface area contributed by atoms with Gasteiger partial charge in [-0.05, 0) is 19.3 Å². The number of rotatable bonds is 8. The van der Waals surface area contributed by atoms with Crippen LogP contribution in [0.2, 0.25) is 0 Å². The standard InChI is InChI=1S/C16H25N9O5/c17-6(1-2-7(13(19)28)24-16(20)29)3-8-10(26)11(27)15(30-8)25-5-23-9-12(18)21-4-22-14(9)25/h4-8,10-11,15,26-27H,1-3,17H2,(H2,19,28)(H2,18,21,22)(H3,20,24,29)/t6-,7-,8?,10?,11?,15?/m0/s1. The molecule has 164 valence electrons. The van der Waals surface area contributed by atoms with Gasteiger partial charge in [0.15, 0.2) is 17.7 Å². The fourth-order valence-corrected chi connectivity index (χ4v) is 3.46. The molecule has 0 aliphatic carbocycles. The second-order valence-electron chi connectivity index (χ2n) is 7.17. The molecule has 3 rings (SSSR count). The van der Waals surface area contributed by atoms with E-state index in [0.717, 1.165) is 0 Å². The van der Waals surface area contributed by atoms with E-state index in [1.165, 1.54) is 17.2 Å². The van der Waals surface area contributed by atoms with Crippen LogP contribution in [0.4, 0.5) is 10.6 Å². The first kappa shape index (κ1) is 21.6. The minimum Gasteiger partial charge on any atom is -0.388 e. The zero-order chi connectivity index (χ0) is 22.0. The van der Waals surface area contributed by atoms with Crippen molar-refractivity contribution < 1.29 is 24.5 Å². The van der Waals surface area contributed by atoms with E-state index < -0.39 is 48.6 Å². The number of aliphatic hydroxyl groups excluding tert-OH is 2. The molecule has 1 fully saturated rings. The molecule has 0 radical (unpaired) electrons. The Morgan fingerprint density at radius 3 is 2.60 bits per heavy atom. The van der Waals surface area contributed by atoms with Gasteiger partial charge in [0.2, 0.25) is 5.91 Å². The molecule has 30 heavy (non-hydrogen) atoms. The number of imidazole rings is 1. The number of hydrogen-bond donors (Lipinski definition) is 7. The Bertz CT molecular complexity index is 922. The van der Waals surface area contributed by atoms with Crippen LogP contribution in [-0.2, 0) is 9.53 Å². The van der Waals surface area contributed by atoms with Gasteiger partial charge in [0.1, 0.15) is 30.1 Å². The number of urea groups is 1. The summed E-state index contributed by atoms with van der Waals surface area (Å²) in [6.45, 7) is 0. The maximum Gasteiger partial charge on any atom is 0.312 e. The molecular weight excluding hydrogens is 398 g/mol. The monoisotopic (exact) mass is 423 g/mol. The van der Waals surface area contributed by atoms with Crippen LogP contribution in [-0.4, -0.2) is 72.1 Å². The van der Waals surface area contributed by atoms with E-state index >= 15 is 0 Å². The third-order valence-electron chi connectivity index (χ3n) is 5.02. The summed E-state index contributed by atoms with van der Waals surface area (Å²) in [5.41, 5.74) is 22.8. The second-order valence-corrected chi connectivity index (χ2v) is 7.17. The molecule has 11 N–H and O–H groups in total. The number of nitrogens with zero attached hydrogens (tertiary/aromatic N) is 4. The molecular formula is C16H25N9O5. The van der Waals surface area contributed by atoms with Crippen LogP contribution in [0.5, 0.6) is 0 Å². The molecule has 4 unspecified atom stereocenters. The first-order valence-corrected chi connectivity index (χ1v) is 9.24.